The zero-order valence-electron chi connectivity index (χ0n) is 11.6. The maximum absolute atomic E-state index is 12.1. The van der Waals surface area contributed by atoms with Gasteiger partial charge >= 0.3 is 12.0 Å². The summed E-state index contributed by atoms with van der Waals surface area (Å²) in [4.78, 5) is 26.6. The molecule has 0 spiro atoms. The molecular weight excluding hydrogens is 262 g/mol. The fourth-order valence-electron chi connectivity index (χ4n) is 2.09. The predicted molar refractivity (Wildman–Crippen MR) is 72.5 cm³/mol. The Morgan fingerprint density at radius 2 is 2.25 bits per heavy atom. The third-order valence-corrected chi connectivity index (χ3v) is 3.43. The van der Waals surface area contributed by atoms with Crippen molar-refractivity contribution in [3.8, 4) is 0 Å². The second-order valence-corrected chi connectivity index (χ2v) is 5.03. The number of carboxylic acid groups (broad SMARTS) is 1. The van der Waals surface area contributed by atoms with E-state index in [-0.39, 0.29) is 12.6 Å². The average molecular weight is 281 g/mol. The molecule has 1 aliphatic heterocycles. The molecule has 1 fully saturated rings. The Morgan fingerprint density at radius 1 is 1.50 bits per heavy atom. The van der Waals surface area contributed by atoms with E-state index in [9.17, 15) is 9.59 Å². The van der Waals surface area contributed by atoms with E-state index in [1.165, 1.54) is 17.1 Å². The highest BCUT2D eigenvalue weighted by Gasteiger charge is 2.24. The Kier molecular flexibility index (Phi) is 4.23. The van der Waals surface area contributed by atoms with Crippen LogP contribution in [0.15, 0.2) is 12.4 Å². The Balaban J connectivity index is 1.91. The normalized spacial score (nSPS) is 19.9. The number of hydrogen-bond donors (Lipinski definition) is 2. The molecule has 1 aliphatic rings. The Hall–Kier alpha value is -2.09. The molecule has 8 heteroatoms. The number of hydrogen-bond acceptors (Lipinski definition) is 4. The van der Waals surface area contributed by atoms with Gasteiger partial charge in [0.1, 0.15) is 6.54 Å². The molecule has 0 aromatic carbocycles. The van der Waals surface area contributed by atoms with Crippen molar-refractivity contribution in [3.63, 3.8) is 0 Å². The number of urea groups is 1. The number of carboxylic acids is 1. The Labute approximate surface area is 117 Å². The van der Waals surface area contributed by atoms with Gasteiger partial charge in [-0.2, -0.15) is 5.10 Å². The monoisotopic (exact) mass is 281 g/mol. The van der Waals surface area contributed by atoms with Crippen LogP contribution in [0.3, 0.4) is 0 Å². The number of aromatic nitrogens is 2. The summed E-state index contributed by atoms with van der Waals surface area (Å²) >= 11 is 0. The molecule has 1 aromatic heterocycles. The number of nitrogens with zero attached hydrogens (tertiary/aromatic N) is 4. The van der Waals surface area contributed by atoms with Crippen molar-refractivity contribution in [2.45, 2.75) is 19.5 Å². The van der Waals surface area contributed by atoms with E-state index in [0.29, 0.717) is 24.8 Å². The number of piperazine rings is 1. The highest BCUT2D eigenvalue weighted by molar-refractivity contribution is 5.89. The van der Waals surface area contributed by atoms with Crippen LogP contribution in [-0.4, -0.2) is 69.4 Å². The van der Waals surface area contributed by atoms with Crippen LogP contribution in [0.4, 0.5) is 10.5 Å². The summed E-state index contributed by atoms with van der Waals surface area (Å²) in [5, 5.41) is 15.3. The summed E-state index contributed by atoms with van der Waals surface area (Å²) in [6.07, 6.45) is 2.95. The van der Waals surface area contributed by atoms with Crippen molar-refractivity contribution < 1.29 is 14.7 Å². The SMILES string of the molecule is CC1CN(C(=O)Nc2cnn(CC(=O)O)c2)CCN1C. The van der Waals surface area contributed by atoms with E-state index < -0.39 is 5.97 Å². The zero-order valence-corrected chi connectivity index (χ0v) is 11.6. The standard InChI is InChI=1S/C12H19N5O3/c1-9-6-16(4-3-15(9)2)12(20)14-10-5-13-17(7-10)8-11(18)19/h5,7,9H,3-4,6,8H2,1-2H3,(H,14,20)(H,18,19). The summed E-state index contributed by atoms with van der Waals surface area (Å²) in [7, 11) is 2.04. The van der Waals surface area contributed by atoms with E-state index in [4.69, 9.17) is 5.11 Å². The third-order valence-electron chi connectivity index (χ3n) is 3.43. The molecule has 110 valence electrons. The minimum Gasteiger partial charge on any atom is -0.480 e. The molecule has 20 heavy (non-hydrogen) atoms. The Bertz CT molecular complexity index is 501. The number of aliphatic carboxylic acids is 1. The van der Waals surface area contributed by atoms with Gasteiger partial charge in [-0.3, -0.25) is 9.48 Å². The molecular formula is C12H19N5O3. The molecule has 2 heterocycles. The molecule has 0 saturated carbocycles. The lowest BCUT2D eigenvalue weighted by Crippen LogP contribution is -2.53. The lowest BCUT2D eigenvalue weighted by Gasteiger charge is -2.37. The summed E-state index contributed by atoms with van der Waals surface area (Å²) in [6.45, 7) is 4.04. The van der Waals surface area contributed by atoms with Gasteiger partial charge in [-0.1, -0.05) is 0 Å². The number of likely N-dealkylation sites (N-methyl/N-ethyl adjacent to an activating group) is 1. The van der Waals surface area contributed by atoms with Gasteiger partial charge < -0.3 is 20.2 Å². The molecule has 0 bridgehead atoms. The molecule has 2 amide bonds. The number of rotatable bonds is 3. The molecule has 1 unspecified atom stereocenters. The van der Waals surface area contributed by atoms with Crippen molar-refractivity contribution in [2.24, 2.45) is 0 Å². The van der Waals surface area contributed by atoms with Gasteiger partial charge in [0.05, 0.1) is 11.9 Å². The third kappa shape index (κ3) is 3.47. The maximum Gasteiger partial charge on any atom is 0.325 e. The van der Waals surface area contributed by atoms with Crippen LogP contribution in [0.5, 0.6) is 0 Å². The second kappa shape index (κ2) is 5.91. The number of anilines is 1. The quantitative estimate of drug-likeness (QED) is 0.822. The number of carbonyl (C=O) groups excluding carboxylic acids is 1. The highest BCUT2D eigenvalue weighted by Crippen LogP contribution is 2.10. The molecule has 2 rings (SSSR count). The maximum atomic E-state index is 12.1. The minimum absolute atomic E-state index is 0.181. The summed E-state index contributed by atoms with van der Waals surface area (Å²) in [5.74, 6) is -0.973. The van der Waals surface area contributed by atoms with Crippen molar-refractivity contribution in [3.05, 3.63) is 12.4 Å². The van der Waals surface area contributed by atoms with E-state index in [0.717, 1.165) is 6.54 Å². The van der Waals surface area contributed by atoms with Crippen LogP contribution < -0.4 is 5.32 Å². The molecule has 2 N–H and O–H groups in total. The predicted octanol–water partition coefficient (Wildman–Crippen LogP) is 0.135. The van der Waals surface area contributed by atoms with Crippen LogP contribution >= 0.6 is 0 Å². The average Bonchev–Trinajstić information content (AvgIpc) is 2.79. The molecule has 0 radical (unpaired) electrons. The minimum atomic E-state index is -0.973. The van der Waals surface area contributed by atoms with E-state index >= 15 is 0 Å². The van der Waals surface area contributed by atoms with Crippen molar-refractivity contribution >= 4 is 17.7 Å². The van der Waals surface area contributed by atoms with Gasteiger partial charge in [0.15, 0.2) is 0 Å². The van der Waals surface area contributed by atoms with Crippen molar-refractivity contribution in [1.29, 1.82) is 0 Å². The highest BCUT2D eigenvalue weighted by atomic mass is 16.4. The summed E-state index contributed by atoms with van der Waals surface area (Å²) in [5.41, 5.74) is 0.503. The van der Waals surface area contributed by atoms with Crippen LogP contribution in [0.1, 0.15) is 6.92 Å². The second-order valence-electron chi connectivity index (χ2n) is 5.03. The summed E-state index contributed by atoms with van der Waals surface area (Å²) in [6, 6.07) is 0.143. The van der Waals surface area contributed by atoms with Gasteiger partial charge in [0.25, 0.3) is 0 Å². The van der Waals surface area contributed by atoms with Gasteiger partial charge in [-0.25, -0.2) is 4.79 Å². The van der Waals surface area contributed by atoms with E-state index in [2.05, 4.69) is 22.2 Å². The van der Waals surface area contributed by atoms with Gasteiger partial charge in [-0.05, 0) is 14.0 Å². The lowest BCUT2D eigenvalue weighted by molar-refractivity contribution is -0.137. The van der Waals surface area contributed by atoms with E-state index in [1.807, 2.05) is 7.05 Å². The fourth-order valence-corrected chi connectivity index (χ4v) is 2.09. The first-order chi connectivity index (χ1) is 9.45. The molecule has 1 saturated heterocycles. The van der Waals surface area contributed by atoms with Crippen LogP contribution in [0, 0.1) is 0 Å². The van der Waals surface area contributed by atoms with Gasteiger partial charge in [-0.15, -0.1) is 0 Å². The zero-order chi connectivity index (χ0) is 14.7. The largest absolute Gasteiger partial charge is 0.480 e. The van der Waals surface area contributed by atoms with Crippen LogP contribution in [-0.2, 0) is 11.3 Å². The van der Waals surface area contributed by atoms with Crippen LogP contribution in [0.2, 0.25) is 0 Å². The molecule has 1 aromatic rings. The molecule has 1 atom stereocenters. The lowest BCUT2D eigenvalue weighted by atomic mass is 10.2. The van der Waals surface area contributed by atoms with E-state index in [1.54, 1.807) is 4.90 Å². The number of carbonyl (C=O) groups is 2. The van der Waals surface area contributed by atoms with Crippen molar-refractivity contribution in [1.82, 2.24) is 19.6 Å². The first-order valence-electron chi connectivity index (χ1n) is 6.46. The Morgan fingerprint density at radius 3 is 2.90 bits per heavy atom. The fraction of sp³-hybridized carbons (Fsp3) is 0.583. The van der Waals surface area contributed by atoms with Crippen LogP contribution in [0.25, 0.3) is 0 Å². The van der Waals surface area contributed by atoms with Gasteiger partial charge in [0, 0.05) is 31.9 Å². The van der Waals surface area contributed by atoms with Gasteiger partial charge in [0.2, 0.25) is 0 Å². The number of amides is 2. The molecule has 0 aliphatic carbocycles. The smallest absolute Gasteiger partial charge is 0.325 e. The first-order valence-corrected chi connectivity index (χ1v) is 6.46. The number of nitrogens with one attached hydrogen (secondary N) is 1. The molecule has 8 nitrogen and oxygen atoms in total. The topological polar surface area (TPSA) is 90.7 Å². The first kappa shape index (κ1) is 14.3. The summed E-state index contributed by atoms with van der Waals surface area (Å²) < 4.78 is 1.27. The van der Waals surface area contributed by atoms with Crippen molar-refractivity contribution in [2.75, 3.05) is 32.0 Å².